The van der Waals surface area contributed by atoms with Gasteiger partial charge in [0.2, 0.25) is 5.91 Å². The zero-order chi connectivity index (χ0) is 15.8. The van der Waals surface area contributed by atoms with E-state index in [1.807, 2.05) is 6.26 Å². The summed E-state index contributed by atoms with van der Waals surface area (Å²) < 4.78 is 0. The lowest BCUT2D eigenvalue weighted by Crippen LogP contribution is -2.50. The van der Waals surface area contributed by atoms with E-state index >= 15 is 0 Å². The van der Waals surface area contributed by atoms with Crippen LogP contribution in [-0.2, 0) is 9.59 Å². The highest BCUT2D eigenvalue weighted by molar-refractivity contribution is 7.98. The molecule has 1 aromatic heterocycles. The van der Waals surface area contributed by atoms with Crippen LogP contribution in [0.2, 0.25) is 0 Å². The van der Waals surface area contributed by atoms with E-state index in [1.54, 1.807) is 17.5 Å². The molecule has 3 N–H and O–H groups in total. The molecule has 8 heteroatoms. The van der Waals surface area contributed by atoms with Crippen molar-refractivity contribution in [2.75, 3.05) is 12.0 Å². The van der Waals surface area contributed by atoms with Crippen LogP contribution >= 0.6 is 23.1 Å². The van der Waals surface area contributed by atoms with Crippen molar-refractivity contribution in [3.63, 3.8) is 0 Å². The number of thiophene rings is 1. The summed E-state index contributed by atoms with van der Waals surface area (Å²) in [6.45, 7) is 1.52. The van der Waals surface area contributed by atoms with Crippen molar-refractivity contribution >= 4 is 40.9 Å². The van der Waals surface area contributed by atoms with E-state index in [1.165, 1.54) is 30.0 Å². The number of amides is 2. The second kappa shape index (κ2) is 8.68. The lowest BCUT2D eigenvalue weighted by Gasteiger charge is -2.18. The van der Waals surface area contributed by atoms with Crippen LogP contribution in [0.5, 0.6) is 0 Å². The number of carboxylic acid groups (broad SMARTS) is 1. The van der Waals surface area contributed by atoms with Crippen LogP contribution in [0.3, 0.4) is 0 Å². The maximum Gasteiger partial charge on any atom is 0.326 e. The minimum atomic E-state index is -1.07. The van der Waals surface area contributed by atoms with E-state index in [0.29, 0.717) is 17.1 Å². The Bertz CT molecular complexity index is 490. The Morgan fingerprint density at radius 3 is 2.62 bits per heavy atom. The highest BCUT2D eigenvalue weighted by Gasteiger charge is 2.23. The monoisotopic (exact) mass is 330 g/mol. The molecule has 1 aromatic rings. The molecule has 0 saturated carbocycles. The van der Waals surface area contributed by atoms with Crippen molar-refractivity contribution in [1.29, 1.82) is 0 Å². The number of nitrogens with one attached hydrogen (secondary N) is 2. The van der Waals surface area contributed by atoms with Gasteiger partial charge in [0, 0.05) is 0 Å². The summed E-state index contributed by atoms with van der Waals surface area (Å²) in [6.07, 6.45) is 2.21. The van der Waals surface area contributed by atoms with E-state index < -0.39 is 24.0 Å². The topological polar surface area (TPSA) is 95.5 Å². The Balaban J connectivity index is 2.52. The SMILES string of the molecule is CSCC[C@@H](NC(=O)C(C)NC(=O)c1cccs1)C(=O)O. The summed E-state index contributed by atoms with van der Waals surface area (Å²) in [7, 11) is 0. The Morgan fingerprint density at radius 2 is 2.10 bits per heavy atom. The van der Waals surface area contributed by atoms with Gasteiger partial charge in [-0.1, -0.05) is 6.07 Å². The minimum absolute atomic E-state index is 0.341. The van der Waals surface area contributed by atoms with E-state index in [9.17, 15) is 14.4 Å². The van der Waals surface area contributed by atoms with E-state index in [0.717, 1.165) is 0 Å². The molecule has 6 nitrogen and oxygen atoms in total. The zero-order valence-corrected chi connectivity index (χ0v) is 13.4. The average Bonchev–Trinajstić information content (AvgIpc) is 2.96. The van der Waals surface area contributed by atoms with Crippen LogP contribution < -0.4 is 10.6 Å². The summed E-state index contributed by atoms with van der Waals surface area (Å²) in [5, 5.41) is 15.8. The van der Waals surface area contributed by atoms with E-state index in [-0.39, 0.29) is 5.91 Å². The average molecular weight is 330 g/mol. The Labute approximate surface area is 131 Å². The van der Waals surface area contributed by atoms with Gasteiger partial charge in [0.15, 0.2) is 0 Å². The molecule has 1 unspecified atom stereocenters. The molecule has 0 spiro atoms. The number of carbonyl (C=O) groups excluding carboxylic acids is 2. The van der Waals surface area contributed by atoms with Gasteiger partial charge in [0.1, 0.15) is 12.1 Å². The Morgan fingerprint density at radius 1 is 1.38 bits per heavy atom. The van der Waals surface area contributed by atoms with Gasteiger partial charge >= 0.3 is 5.97 Å². The van der Waals surface area contributed by atoms with Crippen LogP contribution in [0.1, 0.15) is 23.0 Å². The molecule has 1 heterocycles. The molecule has 2 amide bonds. The molecule has 0 bridgehead atoms. The quantitative estimate of drug-likeness (QED) is 0.665. The van der Waals surface area contributed by atoms with Crippen LogP contribution in [-0.4, -0.2) is 47.0 Å². The highest BCUT2D eigenvalue weighted by atomic mass is 32.2. The molecule has 0 aliphatic carbocycles. The first kappa shape index (κ1) is 17.5. The normalized spacial score (nSPS) is 13.2. The molecule has 0 aliphatic heterocycles. The molecule has 0 radical (unpaired) electrons. The van der Waals surface area contributed by atoms with Gasteiger partial charge in [-0.3, -0.25) is 9.59 Å². The first-order chi connectivity index (χ1) is 9.95. The lowest BCUT2D eigenvalue weighted by molar-refractivity contribution is -0.142. The second-order valence-electron chi connectivity index (χ2n) is 4.35. The predicted molar refractivity (Wildman–Crippen MR) is 83.8 cm³/mol. The maximum absolute atomic E-state index is 11.9. The first-order valence-corrected chi connectivity index (χ1v) is 8.59. The van der Waals surface area contributed by atoms with Gasteiger partial charge in [-0.2, -0.15) is 11.8 Å². The Kier molecular flexibility index (Phi) is 7.24. The number of hydrogen-bond acceptors (Lipinski definition) is 5. The van der Waals surface area contributed by atoms with Crippen molar-refractivity contribution in [3.8, 4) is 0 Å². The number of rotatable bonds is 8. The molecule has 0 saturated heterocycles. The molecule has 0 fully saturated rings. The van der Waals surface area contributed by atoms with Crippen LogP contribution in [0.15, 0.2) is 17.5 Å². The third-order valence-electron chi connectivity index (χ3n) is 2.71. The number of aliphatic carboxylic acids is 1. The van der Waals surface area contributed by atoms with Gasteiger partial charge < -0.3 is 15.7 Å². The van der Waals surface area contributed by atoms with Gasteiger partial charge in [-0.15, -0.1) is 11.3 Å². The summed E-state index contributed by atoms with van der Waals surface area (Å²) in [5.74, 6) is -1.29. The standard InChI is InChI=1S/C13H18N2O4S2/c1-8(14-12(17)10-4-3-6-21-10)11(16)15-9(13(18)19)5-7-20-2/h3-4,6,8-9H,5,7H2,1-2H3,(H,14,17)(H,15,16)(H,18,19)/t8?,9-/m1/s1. The van der Waals surface area contributed by atoms with Gasteiger partial charge in [0.25, 0.3) is 5.91 Å². The molecule has 2 atom stereocenters. The van der Waals surface area contributed by atoms with Crippen molar-refractivity contribution in [2.45, 2.75) is 25.4 Å². The first-order valence-electron chi connectivity index (χ1n) is 6.32. The fraction of sp³-hybridized carbons (Fsp3) is 0.462. The predicted octanol–water partition coefficient (Wildman–Crippen LogP) is 1.19. The minimum Gasteiger partial charge on any atom is -0.480 e. The Hall–Kier alpha value is -1.54. The van der Waals surface area contributed by atoms with Crippen LogP contribution in [0, 0.1) is 0 Å². The molecule has 21 heavy (non-hydrogen) atoms. The van der Waals surface area contributed by atoms with Crippen LogP contribution in [0.25, 0.3) is 0 Å². The summed E-state index contributed by atoms with van der Waals surface area (Å²) in [5.41, 5.74) is 0. The van der Waals surface area contributed by atoms with Crippen molar-refractivity contribution in [2.24, 2.45) is 0 Å². The fourth-order valence-corrected chi connectivity index (χ4v) is 2.63. The molecular formula is C13H18N2O4S2. The fourth-order valence-electron chi connectivity index (χ4n) is 1.53. The van der Waals surface area contributed by atoms with E-state index in [4.69, 9.17) is 5.11 Å². The second-order valence-corrected chi connectivity index (χ2v) is 6.29. The number of carboxylic acids is 1. The van der Waals surface area contributed by atoms with Crippen molar-refractivity contribution < 1.29 is 19.5 Å². The molecule has 116 valence electrons. The van der Waals surface area contributed by atoms with Crippen molar-refractivity contribution in [1.82, 2.24) is 10.6 Å². The summed E-state index contributed by atoms with van der Waals surface area (Å²) in [6, 6.07) is 1.66. The molecular weight excluding hydrogens is 312 g/mol. The molecule has 0 aromatic carbocycles. The van der Waals surface area contributed by atoms with Gasteiger partial charge in [0.05, 0.1) is 4.88 Å². The van der Waals surface area contributed by atoms with Gasteiger partial charge in [-0.05, 0) is 36.8 Å². The van der Waals surface area contributed by atoms with Gasteiger partial charge in [-0.25, -0.2) is 4.79 Å². The number of thioether (sulfide) groups is 1. The summed E-state index contributed by atoms with van der Waals surface area (Å²) in [4.78, 5) is 35.3. The number of hydrogen-bond donors (Lipinski definition) is 3. The highest BCUT2D eigenvalue weighted by Crippen LogP contribution is 2.08. The van der Waals surface area contributed by atoms with E-state index in [2.05, 4.69) is 10.6 Å². The smallest absolute Gasteiger partial charge is 0.326 e. The third-order valence-corrected chi connectivity index (χ3v) is 4.22. The van der Waals surface area contributed by atoms with Crippen molar-refractivity contribution in [3.05, 3.63) is 22.4 Å². The largest absolute Gasteiger partial charge is 0.480 e. The number of carbonyl (C=O) groups is 3. The zero-order valence-electron chi connectivity index (χ0n) is 11.8. The maximum atomic E-state index is 11.9. The molecule has 1 rings (SSSR count). The van der Waals surface area contributed by atoms with Crippen LogP contribution in [0.4, 0.5) is 0 Å². The summed E-state index contributed by atoms with van der Waals surface area (Å²) >= 11 is 2.78. The molecule has 0 aliphatic rings. The third kappa shape index (κ3) is 5.76. The lowest BCUT2D eigenvalue weighted by atomic mass is 10.2.